The summed E-state index contributed by atoms with van der Waals surface area (Å²) >= 11 is 25.0. The van der Waals surface area contributed by atoms with Crippen molar-refractivity contribution in [3.63, 3.8) is 0 Å². The molecule has 0 bridgehead atoms. The highest BCUT2D eigenvalue weighted by Gasteiger charge is 2.67. The molecule has 3 aromatic rings. The van der Waals surface area contributed by atoms with Crippen LogP contribution in [-0.4, -0.2) is 23.3 Å². The van der Waals surface area contributed by atoms with Crippen molar-refractivity contribution in [2.45, 2.75) is 10.3 Å². The molecule has 0 saturated heterocycles. The Labute approximate surface area is 215 Å². The molecule has 1 fully saturated rings. The van der Waals surface area contributed by atoms with Gasteiger partial charge in [-0.2, -0.15) is 0 Å². The second-order valence-corrected chi connectivity index (χ2v) is 9.99. The highest BCUT2D eigenvalue weighted by atomic mass is 35.5. The number of alkyl halides is 2. The summed E-state index contributed by atoms with van der Waals surface area (Å²) in [7, 11) is 1.38. The molecule has 0 aliphatic heterocycles. The van der Waals surface area contributed by atoms with E-state index in [1.807, 2.05) is 0 Å². The monoisotopic (exact) mass is 540 g/mol. The van der Waals surface area contributed by atoms with Gasteiger partial charge >= 0.3 is 0 Å². The van der Waals surface area contributed by atoms with Crippen LogP contribution in [0.25, 0.3) is 0 Å². The lowest BCUT2D eigenvalue weighted by Crippen LogP contribution is -2.19. The molecule has 176 valence electrons. The largest absolute Gasteiger partial charge is 0.494 e. The first kappa shape index (κ1) is 24.6. The quantitative estimate of drug-likeness (QED) is 0.333. The summed E-state index contributed by atoms with van der Waals surface area (Å²) in [6, 6.07) is 14.9. The standard InChI is InChI=1S/C24H17Cl4FN2O3/c1-34-21-17(22(32)30-16-7-5-15(29)6-8-16)3-2-4-18(21)31-23(33)20-19(24(20,27)28)12-9-13(25)11-14(26)10-12/h2-11,19-20H,1H3,(H,30,32)(H,31,33)/t19-,20+/m0/s1. The molecule has 0 spiro atoms. The van der Waals surface area contributed by atoms with Gasteiger partial charge in [0.25, 0.3) is 5.91 Å². The topological polar surface area (TPSA) is 67.4 Å². The molecule has 10 heteroatoms. The van der Waals surface area contributed by atoms with E-state index in [2.05, 4.69) is 10.6 Å². The van der Waals surface area contributed by atoms with Gasteiger partial charge in [0.05, 0.1) is 24.3 Å². The highest BCUT2D eigenvalue weighted by molar-refractivity contribution is 6.53. The summed E-state index contributed by atoms with van der Waals surface area (Å²) in [6.45, 7) is 0. The van der Waals surface area contributed by atoms with Gasteiger partial charge in [-0.05, 0) is 60.2 Å². The molecule has 2 amide bonds. The number of ether oxygens (including phenoxy) is 1. The average Bonchev–Trinajstić information content (AvgIpc) is 3.36. The number of carbonyl (C=O) groups excluding carboxylic acids is 2. The Morgan fingerprint density at radius 2 is 1.62 bits per heavy atom. The Morgan fingerprint density at radius 3 is 2.24 bits per heavy atom. The van der Waals surface area contributed by atoms with E-state index in [1.165, 1.54) is 37.4 Å². The van der Waals surface area contributed by atoms with Crippen LogP contribution in [0.5, 0.6) is 5.75 Å². The van der Waals surface area contributed by atoms with E-state index in [0.717, 1.165) is 0 Å². The predicted octanol–water partition coefficient (Wildman–Crippen LogP) is 6.92. The van der Waals surface area contributed by atoms with Crippen LogP contribution in [0.3, 0.4) is 0 Å². The summed E-state index contributed by atoms with van der Waals surface area (Å²) in [6.07, 6.45) is 0. The van der Waals surface area contributed by atoms with Crippen LogP contribution in [0.1, 0.15) is 21.8 Å². The number of halogens is 5. The molecular weight excluding hydrogens is 525 g/mol. The Bertz CT molecular complexity index is 1250. The Balaban J connectivity index is 1.55. The fourth-order valence-electron chi connectivity index (χ4n) is 3.80. The third-order valence-electron chi connectivity index (χ3n) is 5.40. The van der Waals surface area contributed by atoms with Gasteiger partial charge in [0.1, 0.15) is 10.2 Å². The third-order valence-corrected chi connectivity index (χ3v) is 6.78. The normalized spacial score (nSPS) is 18.2. The molecule has 0 radical (unpaired) electrons. The molecule has 1 saturated carbocycles. The molecule has 34 heavy (non-hydrogen) atoms. The minimum atomic E-state index is -1.36. The molecule has 3 aromatic carbocycles. The van der Waals surface area contributed by atoms with Crippen LogP contribution in [-0.2, 0) is 4.79 Å². The van der Waals surface area contributed by atoms with Gasteiger partial charge in [0.15, 0.2) is 5.75 Å². The summed E-state index contributed by atoms with van der Waals surface area (Å²) < 4.78 is 17.2. The van der Waals surface area contributed by atoms with Crippen molar-refractivity contribution in [1.29, 1.82) is 0 Å². The van der Waals surface area contributed by atoms with E-state index in [1.54, 1.807) is 30.3 Å². The van der Waals surface area contributed by atoms with Crippen molar-refractivity contribution < 1.29 is 18.7 Å². The number of nitrogens with one attached hydrogen (secondary N) is 2. The van der Waals surface area contributed by atoms with Gasteiger partial charge in [0.2, 0.25) is 5.91 Å². The number of carbonyl (C=O) groups is 2. The summed E-state index contributed by atoms with van der Waals surface area (Å²) in [4.78, 5) is 25.9. The van der Waals surface area contributed by atoms with Crippen LogP contribution in [0.15, 0.2) is 60.7 Å². The van der Waals surface area contributed by atoms with E-state index < -0.39 is 33.8 Å². The van der Waals surface area contributed by atoms with Gasteiger partial charge in [-0.15, -0.1) is 23.2 Å². The molecule has 5 nitrogen and oxygen atoms in total. The molecule has 1 aliphatic rings. The van der Waals surface area contributed by atoms with Gasteiger partial charge in [-0.3, -0.25) is 9.59 Å². The van der Waals surface area contributed by atoms with E-state index in [9.17, 15) is 14.0 Å². The number of para-hydroxylation sites is 1. The number of rotatable bonds is 6. The first-order chi connectivity index (χ1) is 16.1. The number of benzene rings is 3. The number of methoxy groups -OCH3 is 1. The Hall–Kier alpha value is -2.51. The minimum absolute atomic E-state index is 0.146. The van der Waals surface area contributed by atoms with Gasteiger partial charge in [0, 0.05) is 21.7 Å². The number of hydrogen-bond acceptors (Lipinski definition) is 3. The smallest absolute Gasteiger partial charge is 0.259 e. The van der Waals surface area contributed by atoms with Crippen LogP contribution in [0, 0.1) is 11.7 Å². The molecule has 2 atom stereocenters. The lowest BCUT2D eigenvalue weighted by atomic mass is 10.1. The fourth-order valence-corrected chi connectivity index (χ4v) is 5.17. The van der Waals surface area contributed by atoms with Crippen molar-refractivity contribution >= 4 is 69.6 Å². The number of anilines is 2. The minimum Gasteiger partial charge on any atom is -0.494 e. The van der Waals surface area contributed by atoms with Crippen molar-refractivity contribution in [3.05, 3.63) is 87.7 Å². The lowest BCUT2D eigenvalue weighted by molar-refractivity contribution is -0.117. The van der Waals surface area contributed by atoms with Gasteiger partial charge in [-0.25, -0.2) is 4.39 Å². The Kier molecular flexibility index (Phi) is 6.97. The van der Waals surface area contributed by atoms with E-state index in [0.29, 0.717) is 21.3 Å². The van der Waals surface area contributed by atoms with E-state index in [-0.39, 0.29) is 17.0 Å². The first-order valence-electron chi connectivity index (χ1n) is 10.0. The maximum atomic E-state index is 13.1. The summed E-state index contributed by atoms with van der Waals surface area (Å²) in [5.41, 5.74) is 1.47. The number of amides is 2. The van der Waals surface area contributed by atoms with Crippen LogP contribution < -0.4 is 15.4 Å². The number of hydrogen-bond donors (Lipinski definition) is 2. The second-order valence-electron chi connectivity index (χ2n) is 7.67. The second kappa shape index (κ2) is 9.62. The SMILES string of the molecule is COc1c(NC(=O)[C@H]2[C@H](c3cc(Cl)cc(Cl)c3)C2(Cl)Cl)cccc1C(=O)Nc1ccc(F)cc1. The first-order valence-corrected chi connectivity index (χ1v) is 11.5. The predicted molar refractivity (Wildman–Crippen MR) is 133 cm³/mol. The van der Waals surface area contributed by atoms with Gasteiger partial charge < -0.3 is 15.4 Å². The zero-order valence-corrected chi connectivity index (χ0v) is 20.6. The van der Waals surface area contributed by atoms with Crippen molar-refractivity contribution in [1.82, 2.24) is 0 Å². The fraction of sp³-hybridized carbons (Fsp3) is 0.167. The zero-order valence-electron chi connectivity index (χ0n) is 17.5. The van der Waals surface area contributed by atoms with E-state index >= 15 is 0 Å². The molecule has 0 unspecified atom stereocenters. The zero-order chi connectivity index (χ0) is 24.6. The molecule has 0 heterocycles. The maximum Gasteiger partial charge on any atom is 0.259 e. The van der Waals surface area contributed by atoms with Crippen molar-refractivity contribution in [3.8, 4) is 5.75 Å². The molecule has 1 aliphatic carbocycles. The average molecular weight is 542 g/mol. The third kappa shape index (κ3) is 4.96. The van der Waals surface area contributed by atoms with Crippen LogP contribution >= 0.6 is 46.4 Å². The lowest BCUT2D eigenvalue weighted by Gasteiger charge is -2.14. The highest BCUT2D eigenvalue weighted by Crippen LogP contribution is 2.65. The van der Waals surface area contributed by atoms with E-state index in [4.69, 9.17) is 51.1 Å². The van der Waals surface area contributed by atoms with Crippen molar-refractivity contribution in [2.75, 3.05) is 17.7 Å². The van der Waals surface area contributed by atoms with Crippen LogP contribution in [0.2, 0.25) is 10.0 Å². The molecular formula is C24H17Cl4FN2O3. The maximum absolute atomic E-state index is 13.1. The molecule has 4 rings (SSSR count). The Morgan fingerprint density at radius 1 is 0.971 bits per heavy atom. The molecule has 0 aromatic heterocycles. The van der Waals surface area contributed by atoms with Gasteiger partial charge in [-0.1, -0.05) is 29.3 Å². The summed E-state index contributed by atoms with van der Waals surface area (Å²) in [5, 5.41) is 6.21. The summed E-state index contributed by atoms with van der Waals surface area (Å²) in [5.74, 6) is -2.54. The van der Waals surface area contributed by atoms with Crippen LogP contribution in [0.4, 0.5) is 15.8 Å². The van der Waals surface area contributed by atoms with Crippen molar-refractivity contribution in [2.24, 2.45) is 5.92 Å². The molecule has 2 N–H and O–H groups in total.